The lowest BCUT2D eigenvalue weighted by Gasteiger charge is -2.06. The zero-order chi connectivity index (χ0) is 9.80. The molecule has 0 saturated carbocycles. The molecule has 0 fully saturated rings. The Kier molecular flexibility index (Phi) is 2.36. The highest BCUT2D eigenvalue weighted by molar-refractivity contribution is 5.64. The van der Waals surface area contributed by atoms with Gasteiger partial charge in [-0.25, -0.2) is 0 Å². The van der Waals surface area contributed by atoms with E-state index >= 15 is 0 Å². The molecule has 14 heavy (non-hydrogen) atoms. The maximum absolute atomic E-state index is 5.71. The van der Waals surface area contributed by atoms with Gasteiger partial charge in [-0.2, -0.15) is 0 Å². The fourth-order valence-corrected chi connectivity index (χ4v) is 1.16. The number of hydrogen-bond donors (Lipinski definition) is 2. The van der Waals surface area contributed by atoms with Gasteiger partial charge < -0.3 is 15.5 Å². The predicted octanol–water partition coefficient (Wildman–Crippen LogP) is 1.87. The first-order chi connectivity index (χ1) is 6.86. The second kappa shape index (κ2) is 3.83. The van der Waals surface area contributed by atoms with Crippen LogP contribution in [-0.4, -0.2) is 4.98 Å². The number of rotatable bonds is 3. The lowest BCUT2D eigenvalue weighted by Crippen LogP contribution is -2.01. The Morgan fingerprint density at radius 1 is 1.43 bits per heavy atom. The van der Waals surface area contributed by atoms with E-state index < -0.39 is 0 Å². The lowest BCUT2D eigenvalue weighted by molar-refractivity contribution is 0.564. The number of nitrogens with one attached hydrogen (secondary N) is 1. The molecule has 0 aromatic carbocycles. The van der Waals surface area contributed by atoms with Gasteiger partial charge in [-0.1, -0.05) is 0 Å². The van der Waals surface area contributed by atoms with Crippen molar-refractivity contribution in [1.29, 1.82) is 0 Å². The van der Waals surface area contributed by atoms with Crippen LogP contribution < -0.4 is 11.1 Å². The average molecular weight is 189 g/mol. The van der Waals surface area contributed by atoms with Crippen molar-refractivity contribution in [3.63, 3.8) is 0 Å². The first kappa shape index (κ1) is 8.62. The molecule has 0 bridgehead atoms. The van der Waals surface area contributed by atoms with Gasteiger partial charge in [0.15, 0.2) is 0 Å². The van der Waals surface area contributed by atoms with Crippen molar-refractivity contribution < 1.29 is 4.42 Å². The van der Waals surface area contributed by atoms with Gasteiger partial charge in [0.25, 0.3) is 0 Å². The second-order valence-corrected chi connectivity index (χ2v) is 2.95. The third-order valence-corrected chi connectivity index (χ3v) is 1.91. The average Bonchev–Trinajstić information content (AvgIpc) is 2.69. The maximum atomic E-state index is 5.71. The molecule has 3 N–H and O–H groups in total. The van der Waals surface area contributed by atoms with Crippen molar-refractivity contribution >= 4 is 11.4 Å². The summed E-state index contributed by atoms with van der Waals surface area (Å²) in [6.45, 7) is 0.699. The molecular weight excluding hydrogens is 178 g/mol. The highest BCUT2D eigenvalue weighted by Crippen LogP contribution is 2.16. The van der Waals surface area contributed by atoms with E-state index in [1.165, 1.54) is 0 Å². The van der Waals surface area contributed by atoms with Crippen LogP contribution in [0.4, 0.5) is 11.4 Å². The minimum absolute atomic E-state index is 0.649. The van der Waals surface area contributed by atoms with E-state index in [1.807, 2.05) is 12.1 Å². The summed E-state index contributed by atoms with van der Waals surface area (Å²) >= 11 is 0. The number of pyridine rings is 1. The van der Waals surface area contributed by atoms with Crippen LogP contribution in [0.2, 0.25) is 0 Å². The molecule has 4 nitrogen and oxygen atoms in total. The number of nitrogen functional groups attached to an aromatic ring is 1. The summed E-state index contributed by atoms with van der Waals surface area (Å²) in [6.07, 6.45) is 6.67. The molecule has 0 atom stereocenters. The predicted molar refractivity (Wildman–Crippen MR) is 54.7 cm³/mol. The van der Waals surface area contributed by atoms with Crippen molar-refractivity contribution in [1.82, 2.24) is 4.98 Å². The fraction of sp³-hybridized carbons (Fsp3) is 0.100. The van der Waals surface area contributed by atoms with E-state index in [-0.39, 0.29) is 0 Å². The summed E-state index contributed by atoms with van der Waals surface area (Å²) in [5.41, 5.74) is 8.34. The first-order valence-corrected chi connectivity index (χ1v) is 4.30. The van der Waals surface area contributed by atoms with Crippen LogP contribution in [0, 0.1) is 0 Å². The molecule has 0 saturated heterocycles. The van der Waals surface area contributed by atoms with Gasteiger partial charge in [-0.3, -0.25) is 4.98 Å². The van der Waals surface area contributed by atoms with Gasteiger partial charge in [-0.15, -0.1) is 0 Å². The van der Waals surface area contributed by atoms with Gasteiger partial charge in [0.1, 0.15) is 0 Å². The Morgan fingerprint density at radius 3 is 3.07 bits per heavy atom. The van der Waals surface area contributed by atoms with E-state index in [4.69, 9.17) is 10.2 Å². The largest absolute Gasteiger partial charge is 0.472 e. The van der Waals surface area contributed by atoms with Crippen molar-refractivity contribution in [2.75, 3.05) is 11.1 Å². The highest BCUT2D eigenvalue weighted by Gasteiger charge is 1.98. The number of furan rings is 1. The van der Waals surface area contributed by atoms with Gasteiger partial charge >= 0.3 is 0 Å². The number of nitrogens with two attached hydrogens (primary N) is 1. The summed E-state index contributed by atoms with van der Waals surface area (Å²) in [7, 11) is 0. The molecule has 0 spiro atoms. The topological polar surface area (TPSA) is 64.1 Å². The summed E-state index contributed by atoms with van der Waals surface area (Å²) in [6, 6.07) is 3.75. The van der Waals surface area contributed by atoms with Gasteiger partial charge in [0.2, 0.25) is 0 Å². The van der Waals surface area contributed by atoms with Crippen LogP contribution in [0.5, 0.6) is 0 Å². The molecule has 2 rings (SSSR count). The number of hydrogen-bond acceptors (Lipinski definition) is 4. The quantitative estimate of drug-likeness (QED) is 0.773. The molecule has 0 unspecified atom stereocenters. The van der Waals surface area contributed by atoms with E-state index in [9.17, 15) is 0 Å². The smallest absolute Gasteiger partial charge is 0.0952 e. The van der Waals surface area contributed by atoms with Gasteiger partial charge in [0.05, 0.1) is 30.1 Å². The van der Waals surface area contributed by atoms with Crippen LogP contribution in [0.1, 0.15) is 5.56 Å². The van der Waals surface area contributed by atoms with Crippen molar-refractivity contribution in [3.05, 3.63) is 42.6 Å². The fourth-order valence-electron chi connectivity index (χ4n) is 1.16. The summed E-state index contributed by atoms with van der Waals surface area (Å²) < 4.78 is 4.95. The van der Waals surface area contributed by atoms with Crippen LogP contribution >= 0.6 is 0 Å². The SMILES string of the molecule is Nc1cnccc1NCc1ccoc1. The van der Waals surface area contributed by atoms with E-state index in [2.05, 4.69) is 10.3 Å². The molecule has 0 radical (unpaired) electrons. The first-order valence-electron chi connectivity index (χ1n) is 4.30. The zero-order valence-electron chi connectivity index (χ0n) is 7.60. The Bertz CT molecular complexity index is 398. The van der Waals surface area contributed by atoms with Crippen LogP contribution in [-0.2, 0) is 6.54 Å². The Balaban J connectivity index is 2.02. The normalized spacial score (nSPS) is 10.0. The summed E-state index contributed by atoms with van der Waals surface area (Å²) in [5.74, 6) is 0. The van der Waals surface area contributed by atoms with E-state index in [1.54, 1.807) is 24.9 Å². The molecule has 72 valence electrons. The molecule has 2 aromatic rings. The van der Waals surface area contributed by atoms with Crippen LogP contribution in [0.15, 0.2) is 41.5 Å². The third kappa shape index (κ3) is 1.85. The lowest BCUT2D eigenvalue weighted by atomic mass is 10.3. The minimum Gasteiger partial charge on any atom is -0.472 e. The van der Waals surface area contributed by atoms with Crippen LogP contribution in [0.3, 0.4) is 0 Å². The van der Waals surface area contributed by atoms with E-state index in [0.29, 0.717) is 12.2 Å². The second-order valence-electron chi connectivity index (χ2n) is 2.95. The third-order valence-electron chi connectivity index (χ3n) is 1.91. The molecule has 0 amide bonds. The molecule has 2 aromatic heterocycles. The Labute approximate surface area is 81.8 Å². The number of aromatic nitrogens is 1. The minimum atomic E-state index is 0.649. The van der Waals surface area contributed by atoms with E-state index in [0.717, 1.165) is 11.3 Å². The summed E-state index contributed by atoms with van der Waals surface area (Å²) in [4.78, 5) is 3.91. The number of anilines is 2. The number of nitrogens with zero attached hydrogens (tertiary/aromatic N) is 1. The monoisotopic (exact) mass is 189 g/mol. The highest BCUT2D eigenvalue weighted by atomic mass is 16.3. The zero-order valence-corrected chi connectivity index (χ0v) is 7.60. The molecule has 0 aliphatic heterocycles. The summed E-state index contributed by atoms with van der Waals surface area (Å²) in [5, 5.41) is 3.19. The molecule has 4 heteroatoms. The Morgan fingerprint density at radius 2 is 2.36 bits per heavy atom. The molecule has 0 aliphatic carbocycles. The maximum Gasteiger partial charge on any atom is 0.0952 e. The van der Waals surface area contributed by atoms with Gasteiger partial charge in [0, 0.05) is 18.3 Å². The van der Waals surface area contributed by atoms with Crippen molar-refractivity contribution in [3.8, 4) is 0 Å². The van der Waals surface area contributed by atoms with Crippen molar-refractivity contribution in [2.24, 2.45) is 0 Å². The Hall–Kier alpha value is -1.97. The van der Waals surface area contributed by atoms with Crippen molar-refractivity contribution in [2.45, 2.75) is 6.54 Å². The molecule has 0 aliphatic rings. The van der Waals surface area contributed by atoms with Gasteiger partial charge in [-0.05, 0) is 12.1 Å². The molecule has 2 heterocycles. The molecular formula is C10H11N3O. The van der Waals surface area contributed by atoms with Crippen LogP contribution in [0.25, 0.3) is 0 Å². The standard InChI is InChI=1S/C10H11N3O/c11-9-6-12-3-1-10(9)13-5-8-2-4-14-7-8/h1-4,6-7H,5,11H2,(H,12,13).